The Kier molecular flexibility index (Phi) is 6.08. The molecule has 0 aromatic carbocycles. The van der Waals surface area contributed by atoms with Crippen LogP contribution in [0.3, 0.4) is 0 Å². The van der Waals surface area contributed by atoms with Gasteiger partial charge in [0.15, 0.2) is 11.6 Å². The Morgan fingerprint density at radius 1 is 1.24 bits per heavy atom. The van der Waals surface area contributed by atoms with Gasteiger partial charge in [-0.05, 0) is 51.7 Å². The molecule has 0 unspecified atom stereocenters. The van der Waals surface area contributed by atoms with E-state index in [1.807, 2.05) is 20.8 Å². The molecule has 0 aliphatic heterocycles. The quantitative estimate of drug-likeness (QED) is 0.648. The van der Waals surface area contributed by atoms with Gasteiger partial charge in [-0.2, -0.15) is 0 Å². The SMILES string of the molecule is CC(=O)C=C(C)C.CC1=CC(=O)CC(C)(C)C1. The monoisotopic (exact) mass is 236 g/mol. The van der Waals surface area contributed by atoms with Crippen LogP contribution in [0.15, 0.2) is 23.3 Å². The molecule has 0 saturated carbocycles. The van der Waals surface area contributed by atoms with Crippen LogP contribution in [0.5, 0.6) is 0 Å². The normalized spacial score (nSPS) is 17.5. The molecule has 0 saturated heterocycles. The molecule has 1 rings (SSSR count). The first kappa shape index (κ1) is 15.8. The molecule has 0 aromatic rings. The van der Waals surface area contributed by atoms with Crippen molar-refractivity contribution in [2.45, 2.75) is 54.4 Å². The van der Waals surface area contributed by atoms with Crippen LogP contribution in [0, 0.1) is 5.41 Å². The molecule has 0 amide bonds. The summed E-state index contributed by atoms with van der Waals surface area (Å²) in [6.45, 7) is 11.7. The highest BCUT2D eigenvalue weighted by Gasteiger charge is 2.25. The Bertz CT molecular complexity index is 353. The van der Waals surface area contributed by atoms with Crippen LogP contribution in [0.1, 0.15) is 54.4 Å². The summed E-state index contributed by atoms with van der Waals surface area (Å²) in [5.74, 6) is 0.411. The molecule has 17 heavy (non-hydrogen) atoms. The molecule has 0 heterocycles. The Morgan fingerprint density at radius 2 is 1.76 bits per heavy atom. The molecular formula is C15H24O2. The number of hydrogen-bond acceptors (Lipinski definition) is 2. The van der Waals surface area contributed by atoms with Gasteiger partial charge in [-0.15, -0.1) is 0 Å². The van der Waals surface area contributed by atoms with Crippen molar-refractivity contribution in [3.63, 3.8) is 0 Å². The Hall–Kier alpha value is -1.18. The molecule has 96 valence electrons. The van der Waals surface area contributed by atoms with E-state index in [-0.39, 0.29) is 17.0 Å². The van der Waals surface area contributed by atoms with Gasteiger partial charge in [0.05, 0.1) is 0 Å². The van der Waals surface area contributed by atoms with Crippen molar-refractivity contribution >= 4 is 11.6 Å². The molecule has 0 fully saturated rings. The molecule has 0 atom stereocenters. The molecule has 1 aliphatic carbocycles. The van der Waals surface area contributed by atoms with Crippen LogP contribution < -0.4 is 0 Å². The van der Waals surface area contributed by atoms with Crippen molar-refractivity contribution in [1.29, 1.82) is 0 Å². The lowest BCUT2D eigenvalue weighted by Gasteiger charge is -2.27. The van der Waals surface area contributed by atoms with E-state index in [1.54, 1.807) is 19.1 Å². The van der Waals surface area contributed by atoms with E-state index in [0.717, 1.165) is 12.0 Å². The maximum atomic E-state index is 11.0. The fraction of sp³-hybridized carbons (Fsp3) is 0.600. The summed E-state index contributed by atoms with van der Waals surface area (Å²) in [4.78, 5) is 21.2. The summed E-state index contributed by atoms with van der Waals surface area (Å²) in [5, 5.41) is 0. The van der Waals surface area contributed by atoms with E-state index in [9.17, 15) is 9.59 Å². The van der Waals surface area contributed by atoms with Crippen LogP contribution in [0.4, 0.5) is 0 Å². The van der Waals surface area contributed by atoms with Crippen LogP contribution in [0.25, 0.3) is 0 Å². The van der Waals surface area contributed by atoms with Gasteiger partial charge in [-0.25, -0.2) is 0 Å². The van der Waals surface area contributed by atoms with Gasteiger partial charge in [0.25, 0.3) is 0 Å². The molecule has 0 aromatic heterocycles. The number of rotatable bonds is 1. The van der Waals surface area contributed by atoms with E-state index in [1.165, 1.54) is 5.57 Å². The summed E-state index contributed by atoms with van der Waals surface area (Å²) in [5.41, 5.74) is 2.49. The van der Waals surface area contributed by atoms with Gasteiger partial charge in [-0.1, -0.05) is 25.0 Å². The van der Waals surface area contributed by atoms with Crippen molar-refractivity contribution < 1.29 is 9.59 Å². The fourth-order valence-electron chi connectivity index (χ4n) is 2.07. The van der Waals surface area contributed by atoms with E-state index < -0.39 is 0 Å². The molecule has 0 N–H and O–H groups in total. The molecule has 2 nitrogen and oxygen atoms in total. The summed E-state index contributed by atoms with van der Waals surface area (Å²) in [6.07, 6.45) is 5.16. The van der Waals surface area contributed by atoms with E-state index in [0.29, 0.717) is 6.42 Å². The van der Waals surface area contributed by atoms with E-state index in [2.05, 4.69) is 13.8 Å². The van der Waals surface area contributed by atoms with Crippen molar-refractivity contribution in [3.8, 4) is 0 Å². The van der Waals surface area contributed by atoms with Crippen molar-refractivity contribution in [3.05, 3.63) is 23.3 Å². The highest BCUT2D eigenvalue weighted by molar-refractivity contribution is 5.91. The van der Waals surface area contributed by atoms with Crippen LogP contribution in [-0.4, -0.2) is 11.6 Å². The second kappa shape index (κ2) is 6.53. The van der Waals surface area contributed by atoms with Crippen LogP contribution in [0.2, 0.25) is 0 Å². The molecule has 0 radical (unpaired) electrons. The molecule has 2 heteroatoms. The first-order chi connectivity index (χ1) is 7.62. The van der Waals surface area contributed by atoms with Gasteiger partial charge in [0.1, 0.15) is 0 Å². The van der Waals surface area contributed by atoms with Crippen LogP contribution >= 0.6 is 0 Å². The minimum absolute atomic E-state index is 0.125. The Labute approximate surface area is 105 Å². The average Bonchev–Trinajstić information content (AvgIpc) is 1.95. The second-order valence-corrected chi connectivity index (χ2v) is 5.81. The van der Waals surface area contributed by atoms with E-state index in [4.69, 9.17) is 0 Å². The van der Waals surface area contributed by atoms with Gasteiger partial charge in [0, 0.05) is 6.42 Å². The summed E-state index contributed by atoms with van der Waals surface area (Å²) < 4.78 is 0. The highest BCUT2D eigenvalue weighted by atomic mass is 16.1. The van der Waals surface area contributed by atoms with Gasteiger partial charge in [0.2, 0.25) is 0 Å². The lowest BCUT2D eigenvalue weighted by molar-refractivity contribution is -0.117. The van der Waals surface area contributed by atoms with Gasteiger partial charge < -0.3 is 0 Å². The lowest BCUT2D eigenvalue weighted by atomic mass is 9.77. The van der Waals surface area contributed by atoms with Gasteiger partial charge in [-0.3, -0.25) is 9.59 Å². The summed E-state index contributed by atoms with van der Waals surface area (Å²) >= 11 is 0. The number of carbonyl (C=O) groups excluding carboxylic acids is 2. The third kappa shape index (κ3) is 8.61. The summed E-state index contributed by atoms with van der Waals surface area (Å²) in [6, 6.07) is 0. The molecular weight excluding hydrogens is 212 g/mol. The average molecular weight is 236 g/mol. The van der Waals surface area contributed by atoms with Crippen LogP contribution in [-0.2, 0) is 9.59 Å². The maximum absolute atomic E-state index is 11.0. The molecule has 0 bridgehead atoms. The second-order valence-electron chi connectivity index (χ2n) is 5.81. The topological polar surface area (TPSA) is 34.1 Å². The fourth-order valence-corrected chi connectivity index (χ4v) is 2.07. The largest absolute Gasteiger partial charge is 0.295 e. The summed E-state index contributed by atoms with van der Waals surface area (Å²) in [7, 11) is 0. The molecule has 0 spiro atoms. The predicted octanol–water partition coefficient (Wildman–Crippen LogP) is 3.86. The maximum Gasteiger partial charge on any atom is 0.156 e. The lowest BCUT2D eigenvalue weighted by Crippen LogP contribution is -2.20. The van der Waals surface area contributed by atoms with E-state index >= 15 is 0 Å². The third-order valence-electron chi connectivity index (χ3n) is 2.31. The number of ketones is 2. The Morgan fingerprint density at radius 3 is 2.00 bits per heavy atom. The minimum Gasteiger partial charge on any atom is -0.295 e. The van der Waals surface area contributed by atoms with Crippen molar-refractivity contribution in [1.82, 2.24) is 0 Å². The zero-order valence-electron chi connectivity index (χ0n) is 11.9. The van der Waals surface area contributed by atoms with Crippen molar-refractivity contribution in [2.75, 3.05) is 0 Å². The number of hydrogen-bond donors (Lipinski definition) is 0. The van der Waals surface area contributed by atoms with Crippen molar-refractivity contribution in [2.24, 2.45) is 5.41 Å². The third-order valence-corrected chi connectivity index (χ3v) is 2.31. The zero-order valence-corrected chi connectivity index (χ0v) is 11.9. The molecule has 1 aliphatic rings. The zero-order chi connectivity index (χ0) is 13.6. The first-order valence-corrected chi connectivity index (χ1v) is 5.98. The minimum atomic E-state index is 0.125. The van der Waals surface area contributed by atoms with Gasteiger partial charge >= 0.3 is 0 Å². The standard InChI is InChI=1S/C9H14O.C6H10O/c1-7-4-8(10)6-9(2,3)5-7;1-5(2)4-6(3)7/h4H,5-6H2,1-3H3;4H,1-3H3. The highest BCUT2D eigenvalue weighted by Crippen LogP contribution is 2.32. The Balaban J connectivity index is 0.000000325. The predicted molar refractivity (Wildman–Crippen MR) is 71.9 cm³/mol. The smallest absolute Gasteiger partial charge is 0.156 e. The number of carbonyl (C=O) groups is 2. The number of allylic oxidation sites excluding steroid dienone is 4. The first-order valence-electron chi connectivity index (χ1n) is 5.98.